The van der Waals surface area contributed by atoms with Crippen LogP contribution >= 0.6 is 11.3 Å². The first kappa shape index (κ1) is 20.7. The molecule has 7 heteroatoms. The fourth-order valence-electron chi connectivity index (χ4n) is 5.27. The molecule has 0 spiro atoms. The zero-order chi connectivity index (χ0) is 22.1. The van der Waals surface area contributed by atoms with Gasteiger partial charge in [0.2, 0.25) is 5.89 Å². The fraction of sp³-hybridized carbons (Fsp3) is 0.500. The van der Waals surface area contributed by atoms with Gasteiger partial charge in [-0.15, -0.1) is 21.5 Å². The molecule has 0 saturated heterocycles. The number of hydrogen-bond acceptors (Lipinski definition) is 7. The van der Waals surface area contributed by atoms with Crippen molar-refractivity contribution in [1.29, 1.82) is 0 Å². The van der Waals surface area contributed by atoms with Crippen LogP contribution in [-0.2, 0) is 6.42 Å². The Hall–Kier alpha value is -2.22. The summed E-state index contributed by atoms with van der Waals surface area (Å²) in [5, 5.41) is 27.3. The number of fused-ring (bicyclic) bond motifs is 3. The number of ether oxygens (including phenoxy) is 1. The summed E-state index contributed by atoms with van der Waals surface area (Å²) in [6.07, 6.45) is 0.207. The zero-order valence-electron chi connectivity index (χ0n) is 18.5. The van der Waals surface area contributed by atoms with Crippen molar-refractivity contribution in [2.45, 2.75) is 53.1 Å². The second-order valence-corrected chi connectivity index (χ2v) is 10.7. The van der Waals surface area contributed by atoms with Crippen LogP contribution in [0.4, 0.5) is 0 Å². The third kappa shape index (κ3) is 3.22. The molecule has 2 aromatic heterocycles. The molecule has 1 fully saturated rings. The van der Waals surface area contributed by atoms with Crippen LogP contribution < -0.4 is 4.74 Å². The van der Waals surface area contributed by atoms with Crippen molar-refractivity contribution >= 4 is 11.3 Å². The molecule has 0 amide bonds. The first-order valence-corrected chi connectivity index (χ1v) is 11.5. The van der Waals surface area contributed by atoms with E-state index in [4.69, 9.17) is 14.3 Å². The summed E-state index contributed by atoms with van der Waals surface area (Å²) in [7, 11) is 0. The number of aliphatic hydroxyl groups excluding tert-OH is 2. The molecule has 1 saturated carbocycles. The van der Waals surface area contributed by atoms with Crippen LogP contribution in [0.1, 0.15) is 46.9 Å². The minimum atomic E-state index is -0.899. The molecule has 3 aromatic rings. The van der Waals surface area contributed by atoms with Gasteiger partial charge in [-0.3, -0.25) is 0 Å². The van der Waals surface area contributed by atoms with E-state index in [-0.39, 0.29) is 13.2 Å². The molecule has 5 rings (SSSR count). The van der Waals surface area contributed by atoms with Gasteiger partial charge in [0.15, 0.2) is 0 Å². The monoisotopic (exact) mass is 440 g/mol. The maximum atomic E-state index is 9.55. The van der Waals surface area contributed by atoms with Crippen LogP contribution in [0, 0.1) is 32.1 Å². The molecule has 2 N–H and O–H groups in total. The molecule has 0 unspecified atom stereocenters. The predicted octanol–water partition coefficient (Wildman–Crippen LogP) is 4.42. The molecule has 2 aliphatic rings. The van der Waals surface area contributed by atoms with Gasteiger partial charge in [0.1, 0.15) is 18.5 Å². The number of rotatable bonds is 6. The number of benzene rings is 1. The normalized spacial score (nSPS) is 21.6. The highest BCUT2D eigenvalue weighted by Gasteiger charge is 2.63. The Morgan fingerprint density at radius 2 is 1.87 bits per heavy atom. The van der Waals surface area contributed by atoms with Gasteiger partial charge < -0.3 is 19.4 Å². The fourth-order valence-corrected chi connectivity index (χ4v) is 6.42. The number of aliphatic hydroxyl groups is 2. The van der Waals surface area contributed by atoms with Crippen molar-refractivity contribution < 1.29 is 19.4 Å². The van der Waals surface area contributed by atoms with Crippen molar-refractivity contribution in [3.63, 3.8) is 0 Å². The molecule has 2 heterocycles. The molecule has 2 aliphatic carbocycles. The van der Waals surface area contributed by atoms with Crippen molar-refractivity contribution in [1.82, 2.24) is 10.2 Å². The van der Waals surface area contributed by atoms with Gasteiger partial charge in [-0.1, -0.05) is 13.8 Å². The second-order valence-electron chi connectivity index (χ2n) is 9.49. The van der Waals surface area contributed by atoms with Crippen LogP contribution in [0.2, 0.25) is 0 Å². The lowest BCUT2D eigenvalue weighted by atomic mass is 9.95. The summed E-state index contributed by atoms with van der Waals surface area (Å²) in [6.45, 7) is 10.6. The summed E-state index contributed by atoms with van der Waals surface area (Å²) >= 11 is 1.77. The van der Waals surface area contributed by atoms with Gasteiger partial charge in [-0.05, 0) is 78.8 Å². The van der Waals surface area contributed by atoms with Crippen LogP contribution in [0.15, 0.2) is 16.5 Å². The average Bonchev–Trinajstić information content (AvgIpc) is 3.22. The number of nitrogens with zero attached hydrogens (tertiary/aromatic N) is 2. The highest BCUT2D eigenvalue weighted by Crippen LogP contribution is 2.72. The maximum Gasteiger partial charge on any atom is 0.258 e. The summed E-state index contributed by atoms with van der Waals surface area (Å²) < 4.78 is 11.8. The number of hydrogen-bond donors (Lipinski definition) is 2. The lowest BCUT2D eigenvalue weighted by molar-refractivity contribution is 0.0532. The van der Waals surface area contributed by atoms with Gasteiger partial charge in [-0.25, -0.2) is 0 Å². The summed E-state index contributed by atoms with van der Waals surface area (Å²) in [6, 6.07) is 3.90. The number of aryl methyl sites for hydroxylation is 3. The Bertz CT molecular complexity index is 1140. The first-order chi connectivity index (χ1) is 14.7. The Kier molecular flexibility index (Phi) is 4.77. The van der Waals surface area contributed by atoms with Gasteiger partial charge in [-0.2, -0.15) is 0 Å². The van der Waals surface area contributed by atoms with E-state index in [0.717, 1.165) is 33.9 Å². The van der Waals surface area contributed by atoms with Crippen LogP contribution in [0.25, 0.3) is 22.2 Å². The third-order valence-electron chi connectivity index (χ3n) is 6.98. The minimum Gasteiger partial charge on any atom is -0.490 e. The lowest BCUT2D eigenvalue weighted by Gasteiger charge is -2.15. The van der Waals surface area contributed by atoms with Crippen LogP contribution in [0.5, 0.6) is 5.75 Å². The van der Waals surface area contributed by atoms with E-state index in [0.29, 0.717) is 28.9 Å². The molecule has 6 nitrogen and oxygen atoms in total. The summed E-state index contributed by atoms with van der Waals surface area (Å²) in [4.78, 5) is 2.50. The minimum absolute atomic E-state index is 0.0455. The number of aromatic nitrogens is 2. The second kappa shape index (κ2) is 7.15. The molecule has 164 valence electrons. The van der Waals surface area contributed by atoms with Gasteiger partial charge in [0.25, 0.3) is 5.89 Å². The number of thiophene rings is 1. The molecule has 0 bridgehead atoms. The Morgan fingerprint density at radius 3 is 2.55 bits per heavy atom. The molecule has 3 atom stereocenters. The standard InChI is InChI=1S/C24H28N2O4S/c1-11-6-14(7-12(2)20(11)29-10-15(28)9-27)22-25-26-23(30-22)21-16-8-17-19(24(17,4)5)18(16)13(3)31-21/h6-7,15,17,19,27-28H,8-10H2,1-5H3/t15-,17+,19+/m0/s1. The van der Waals surface area contributed by atoms with Crippen molar-refractivity contribution in [3.05, 3.63) is 39.3 Å². The van der Waals surface area contributed by atoms with Gasteiger partial charge in [0, 0.05) is 10.4 Å². The van der Waals surface area contributed by atoms with Crippen LogP contribution in [-0.4, -0.2) is 39.7 Å². The van der Waals surface area contributed by atoms with Gasteiger partial charge >= 0.3 is 0 Å². The Labute approximate surface area is 185 Å². The molecular formula is C24H28N2O4S. The molecule has 1 aromatic carbocycles. The van der Waals surface area contributed by atoms with E-state index < -0.39 is 6.10 Å². The average molecular weight is 441 g/mol. The van der Waals surface area contributed by atoms with Crippen LogP contribution in [0.3, 0.4) is 0 Å². The van der Waals surface area contributed by atoms with E-state index in [1.165, 1.54) is 16.0 Å². The summed E-state index contributed by atoms with van der Waals surface area (Å²) in [5.74, 6) is 3.21. The molecule has 0 radical (unpaired) electrons. The topological polar surface area (TPSA) is 88.6 Å². The molecule has 31 heavy (non-hydrogen) atoms. The third-order valence-corrected chi connectivity index (χ3v) is 8.13. The largest absolute Gasteiger partial charge is 0.490 e. The lowest BCUT2D eigenvalue weighted by Crippen LogP contribution is -2.21. The maximum absolute atomic E-state index is 9.55. The van der Waals surface area contributed by atoms with E-state index in [9.17, 15) is 5.11 Å². The van der Waals surface area contributed by atoms with E-state index >= 15 is 0 Å². The van der Waals surface area contributed by atoms with E-state index in [2.05, 4.69) is 31.0 Å². The SMILES string of the molecule is Cc1cc(-c2nnc(-c3sc(C)c4c3C[C@@H]3[C@H]4C3(C)C)o2)cc(C)c1OC[C@@H](O)CO. The zero-order valence-corrected chi connectivity index (χ0v) is 19.3. The molecular weight excluding hydrogens is 412 g/mol. The quantitative estimate of drug-likeness (QED) is 0.590. The first-order valence-electron chi connectivity index (χ1n) is 10.7. The van der Waals surface area contributed by atoms with Crippen molar-refractivity contribution in [2.24, 2.45) is 11.3 Å². The van der Waals surface area contributed by atoms with Gasteiger partial charge in [0.05, 0.1) is 11.5 Å². The Balaban J connectivity index is 1.42. The predicted molar refractivity (Wildman–Crippen MR) is 120 cm³/mol. The molecule has 0 aliphatic heterocycles. The Morgan fingerprint density at radius 1 is 1.19 bits per heavy atom. The van der Waals surface area contributed by atoms with Crippen molar-refractivity contribution in [2.75, 3.05) is 13.2 Å². The highest BCUT2D eigenvalue weighted by atomic mass is 32.1. The smallest absolute Gasteiger partial charge is 0.258 e. The summed E-state index contributed by atoms with van der Waals surface area (Å²) in [5.41, 5.74) is 6.02. The highest BCUT2D eigenvalue weighted by molar-refractivity contribution is 7.15. The van der Waals surface area contributed by atoms with E-state index in [1.807, 2.05) is 26.0 Å². The van der Waals surface area contributed by atoms with Crippen molar-refractivity contribution in [3.8, 4) is 28.0 Å². The van der Waals surface area contributed by atoms with E-state index in [1.54, 1.807) is 11.3 Å².